The maximum atomic E-state index is 11.7. The summed E-state index contributed by atoms with van der Waals surface area (Å²) >= 11 is 0. The van der Waals surface area contributed by atoms with Gasteiger partial charge in [-0.2, -0.15) is 5.10 Å². The summed E-state index contributed by atoms with van der Waals surface area (Å²) < 4.78 is 11.7. The lowest BCUT2D eigenvalue weighted by molar-refractivity contribution is 0.0946. The van der Waals surface area contributed by atoms with E-state index in [0.717, 1.165) is 0 Å². The van der Waals surface area contributed by atoms with Crippen LogP contribution in [0.5, 0.6) is 0 Å². The van der Waals surface area contributed by atoms with Crippen molar-refractivity contribution in [2.24, 2.45) is 0 Å². The average Bonchev–Trinajstić information content (AvgIpc) is 2.44. The van der Waals surface area contributed by atoms with Crippen LogP contribution in [-0.4, -0.2) is 29.3 Å². The first kappa shape index (κ1) is 9.50. The summed E-state index contributed by atoms with van der Waals surface area (Å²) in [6.45, 7) is 1.08. The minimum absolute atomic E-state index is 0.0236. The molecule has 0 bridgehead atoms. The van der Waals surface area contributed by atoms with Gasteiger partial charge >= 0.3 is 0 Å². The van der Waals surface area contributed by atoms with E-state index in [0.29, 0.717) is 11.4 Å². The van der Waals surface area contributed by atoms with Crippen molar-refractivity contribution in [1.82, 2.24) is 15.5 Å². The predicted molar refractivity (Wildman–Crippen MR) is 46.0 cm³/mol. The fourth-order valence-corrected chi connectivity index (χ4v) is 0.855. The zero-order valence-electron chi connectivity index (χ0n) is 7.22. The van der Waals surface area contributed by atoms with E-state index in [2.05, 4.69) is 15.5 Å². The summed E-state index contributed by atoms with van der Waals surface area (Å²) in [6, 6.07) is 0. The molecule has 0 radical (unpaired) electrons. The molecular weight excluding hydrogens is 175 g/mol. The smallest absolute Gasteiger partial charge is 0.274 e. The molecule has 1 aromatic rings. The number of hydrogen-bond donors (Lipinski definition) is 3. The highest BCUT2D eigenvalue weighted by molar-refractivity contribution is 5.97. The first-order chi connectivity index (χ1) is 6.16. The Morgan fingerprint density at radius 3 is 2.92 bits per heavy atom. The third-order valence-corrected chi connectivity index (χ3v) is 1.59. The van der Waals surface area contributed by atoms with Crippen LogP contribution < -0.4 is 11.1 Å². The molecule has 6 heteroatoms. The van der Waals surface area contributed by atoms with Gasteiger partial charge in [-0.25, -0.2) is 4.39 Å². The zero-order valence-corrected chi connectivity index (χ0v) is 7.22. The van der Waals surface area contributed by atoms with Crippen LogP contribution in [0.3, 0.4) is 0 Å². The molecule has 0 aliphatic carbocycles. The number of alkyl halides is 1. The molecule has 72 valence electrons. The zero-order chi connectivity index (χ0) is 9.84. The molecule has 0 aliphatic heterocycles. The van der Waals surface area contributed by atoms with Gasteiger partial charge in [0.25, 0.3) is 5.91 Å². The highest BCUT2D eigenvalue weighted by atomic mass is 19.1. The molecule has 0 aromatic carbocycles. The van der Waals surface area contributed by atoms with Gasteiger partial charge in [0.1, 0.15) is 6.67 Å². The molecule has 1 rings (SSSR count). The van der Waals surface area contributed by atoms with Crippen molar-refractivity contribution in [2.45, 2.75) is 6.92 Å². The Kier molecular flexibility index (Phi) is 2.84. The molecule has 0 unspecified atom stereocenters. The quantitative estimate of drug-likeness (QED) is 0.621. The fourth-order valence-electron chi connectivity index (χ4n) is 0.855. The number of carbonyl (C=O) groups excluding carboxylic acids is 1. The Balaban J connectivity index is 2.71. The van der Waals surface area contributed by atoms with Crippen LogP contribution in [0.4, 0.5) is 10.1 Å². The van der Waals surface area contributed by atoms with E-state index >= 15 is 0 Å². The minimum Gasteiger partial charge on any atom is -0.395 e. The normalized spacial score (nSPS) is 10.0. The Bertz CT molecular complexity index is 309. The number of rotatable bonds is 3. The van der Waals surface area contributed by atoms with Crippen LogP contribution in [0.2, 0.25) is 0 Å². The van der Waals surface area contributed by atoms with Gasteiger partial charge in [0.2, 0.25) is 0 Å². The Morgan fingerprint density at radius 2 is 2.46 bits per heavy atom. The number of H-pyrrole nitrogens is 1. The molecule has 5 nitrogen and oxygen atoms in total. The van der Waals surface area contributed by atoms with Gasteiger partial charge in [0.05, 0.1) is 11.4 Å². The SMILES string of the molecule is Cc1[nH]nc(C(=O)NCCF)c1N. The van der Waals surface area contributed by atoms with Gasteiger partial charge in [-0.15, -0.1) is 0 Å². The van der Waals surface area contributed by atoms with Crippen LogP contribution in [0.1, 0.15) is 16.2 Å². The van der Waals surface area contributed by atoms with Crippen LogP contribution in [0, 0.1) is 6.92 Å². The molecule has 0 aliphatic rings. The number of amides is 1. The molecule has 1 aromatic heterocycles. The molecule has 0 fully saturated rings. The first-order valence-corrected chi connectivity index (χ1v) is 3.81. The minimum atomic E-state index is -0.602. The van der Waals surface area contributed by atoms with Crippen molar-refractivity contribution in [2.75, 3.05) is 19.0 Å². The fraction of sp³-hybridized carbons (Fsp3) is 0.429. The predicted octanol–water partition coefficient (Wildman–Crippen LogP) is -0.000380. The van der Waals surface area contributed by atoms with E-state index in [1.165, 1.54) is 0 Å². The third kappa shape index (κ3) is 1.95. The van der Waals surface area contributed by atoms with Crippen molar-refractivity contribution >= 4 is 11.6 Å². The van der Waals surface area contributed by atoms with Crippen LogP contribution in [0.25, 0.3) is 0 Å². The number of nitrogen functional groups attached to an aromatic ring is 1. The molecule has 1 heterocycles. The summed E-state index contributed by atoms with van der Waals surface area (Å²) in [5.74, 6) is -0.459. The van der Waals surface area contributed by atoms with Crippen molar-refractivity contribution in [3.63, 3.8) is 0 Å². The lowest BCUT2D eigenvalue weighted by Crippen LogP contribution is -2.26. The van der Waals surface area contributed by atoms with Gasteiger partial charge in [-0.1, -0.05) is 0 Å². The van der Waals surface area contributed by atoms with Gasteiger partial charge in [-0.05, 0) is 6.92 Å². The number of aromatic nitrogens is 2. The van der Waals surface area contributed by atoms with E-state index in [1.54, 1.807) is 6.92 Å². The Labute approximate surface area is 74.5 Å². The molecular formula is C7H11FN4O. The highest BCUT2D eigenvalue weighted by Gasteiger charge is 2.13. The summed E-state index contributed by atoms with van der Waals surface area (Å²) in [6.07, 6.45) is 0. The van der Waals surface area contributed by atoms with Crippen molar-refractivity contribution in [1.29, 1.82) is 0 Å². The molecule has 0 saturated carbocycles. The average molecular weight is 186 g/mol. The largest absolute Gasteiger partial charge is 0.395 e. The lowest BCUT2D eigenvalue weighted by atomic mass is 10.3. The highest BCUT2D eigenvalue weighted by Crippen LogP contribution is 2.11. The van der Waals surface area contributed by atoms with Gasteiger partial charge in [0, 0.05) is 6.54 Å². The number of halogens is 1. The first-order valence-electron chi connectivity index (χ1n) is 3.81. The lowest BCUT2D eigenvalue weighted by Gasteiger charge is -1.99. The summed E-state index contributed by atoms with van der Waals surface area (Å²) in [5.41, 5.74) is 6.58. The second-order valence-corrected chi connectivity index (χ2v) is 2.56. The Morgan fingerprint density at radius 1 is 1.77 bits per heavy atom. The van der Waals surface area contributed by atoms with Crippen LogP contribution in [-0.2, 0) is 0 Å². The second kappa shape index (κ2) is 3.88. The van der Waals surface area contributed by atoms with E-state index in [4.69, 9.17) is 5.73 Å². The standard InChI is InChI=1S/C7H11FN4O/c1-4-5(9)6(12-11-4)7(13)10-3-2-8/h2-3,9H2,1H3,(H,10,13)(H,11,12). The molecule has 4 N–H and O–H groups in total. The number of aryl methyl sites for hydroxylation is 1. The molecule has 13 heavy (non-hydrogen) atoms. The number of nitrogens with zero attached hydrogens (tertiary/aromatic N) is 1. The number of nitrogens with two attached hydrogens (primary N) is 1. The van der Waals surface area contributed by atoms with Crippen LogP contribution in [0.15, 0.2) is 0 Å². The van der Waals surface area contributed by atoms with Gasteiger partial charge in [0.15, 0.2) is 5.69 Å². The number of anilines is 1. The number of aromatic amines is 1. The van der Waals surface area contributed by atoms with E-state index < -0.39 is 12.6 Å². The van der Waals surface area contributed by atoms with Gasteiger partial charge in [-0.3, -0.25) is 9.89 Å². The Hall–Kier alpha value is -1.59. The maximum absolute atomic E-state index is 11.7. The van der Waals surface area contributed by atoms with Crippen molar-refractivity contribution in [3.05, 3.63) is 11.4 Å². The van der Waals surface area contributed by atoms with Gasteiger partial charge < -0.3 is 11.1 Å². The van der Waals surface area contributed by atoms with E-state index in [1.807, 2.05) is 0 Å². The summed E-state index contributed by atoms with van der Waals surface area (Å²) in [5, 5.41) is 8.57. The number of hydrogen-bond acceptors (Lipinski definition) is 3. The van der Waals surface area contributed by atoms with Crippen LogP contribution >= 0.6 is 0 Å². The molecule has 0 saturated heterocycles. The monoisotopic (exact) mass is 186 g/mol. The number of carbonyl (C=O) groups is 1. The van der Waals surface area contributed by atoms with Crippen molar-refractivity contribution < 1.29 is 9.18 Å². The van der Waals surface area contributed by atoms with Crippen molar-refractivity contribution in [3.8, 4) is 0 Å². The third-order valence-electron chi connectivity index (χ3n) is 1.59. The maximum Gasteiger partial charge on any atom is 0.274 e. The molecule has 0 atom stereocenters. The van der Waals surface area contributed by atoms with E-state index in [9.17, 15) is 9.18 Å². The molecule has 0 spiro atoms. The summed E-state index contributed by atoms with van der Waals surface area (Å²) in [7, 11) is 0. The molecule has 1 amide bonds. The van der Waals surface area contributed by atoms with E-state index in [-0.39, 0.29) is 12.2 Å². The number of nitrogens with one attached hydrogen (secondary N) is 2. The topological polar surface area (TPSA) is 83.8 Å². The second-order valence-electron chi connectivity index (χ2n) is 2.56. The summed E-state index contributed by atoms with van der Waals surface area (Å²) in [4.78, 5) is 11.2.